The van der Waals surface area contributed by atoms with Crippen molar-refractivity contribution in [2.24, 2.45) is 5.92 Å². The van der Waals surface area contributed by atoms with Crippen LogP contribution < -0.4 is 5.32 Å². The standard InChI is InChI=1S/C10H14N2O5/c1-6(5-13)4-12-7(9(15)17-2)3-8(14)11-10(12)16/h5-7H,3-4H2,1-2H3,(H,11,14,16). The molecule has 0 saturated carbocycles. The second-order valence-electron chi connectivity index (χ2n) is 3.86. The highest BCUT2D eigenvalue weighted by Crippen LogP contribution is 2.14. The first-order valence-electron chi connectivity index (χ1n) is 5.13. The van der Waals surface area contributed by atoms with E-state index in [1.54, 1.807) is 6.92 Å². The molecule has 1 saturated heterocycles. The third-order valence-electron chi connectivity index (χ3n) is 2.45. The smallest absolute Gasteiger partial charge is 0.329 e. The van der Waals surface area contributed by atoms with Crippen molar-refractivity contribution in [1.29, 1.82) is 0 Å². The van der Waals surface area contributed by atoms with Crippen molar-refractivity contribution in [3.8, 4) is 0 Å². The lowest BCUT2D eigenvalue weighted by Crippen LogP contribution is -2.58. The van der Waals surface area contributed by atoms with Crippen LogP contribution in [0.15, 0.2) is 0 Å². The van der Waals surface area contributed by atoms with E-state index in [2.05, 4.69) is 10.1 Å². The molecule has 0 aromatic heterocycles. The summed E-state index contributed by atoms with van der Waals surface area (Å²) in [7, 11) is 1.18. The molecule has 1 aliphatic heterocycles. The fourth-order valence-corrected chi connectivity index (χ4v) is 1.58. The molecule has 1 fully saturated rings. The molecule has 7 heteroatoms. The number of aldehydes is 1. The van der Waals surface area contributed by atoms with Crippen LogP contribution in [0.2, 0.25) is 0 Å². The molecule has 2 unspecified atom stereocenters. The van der Waals surface area contributed by atoms with Crippen molar-refractivity contribution in [2.45, 2.75) is 19.4 Å². The zero-order valence-corrected chi connectivity index (χ0v) is 9.63. The second-order valence-corrected chi connectivity index (χ2v) is 3.86. The third-order valence-corrected chi connectivity index (χ3v) is 2.45. The van der Waals surface area contributed by atoms with Crippen LogP contribution in [0.25, 0.3) is 0 Å². The number of hydrogen-bond acceptors (Lipinski definition) is 5. The quantitative estimate of drug-likeness (QED) is 0.520. The molecule has 1 heterocycles. The predicted molar refractivity (Wildman–Crippen MR) is 55.9 cm³/mol. The largest absolute Gasteiger partial charge is 0.467 e. The molecular weight excluding hydrogens is 228 g/mol. The van der Waals surface area contributed by atoms with Crippen LogP contribution in [0, 0.1) is 5.92 Å². The Morgan fingerprint density at radius 3 is 2.82 bits per heavy atom. The van der Waals surface area contributed by atoms with Gasteiger partial charge in [-0.15, -0.1) is 0 Å². The predicted octanol–water partition coefficient (Wildman–Crippen LogP) is -0.695. The molecule has 3 amide bonds. The average molecular weight is 242 g/mol. The van der Waals surface area contributed by atoms with E-state index in [1.165, 1.54) is 7.11 Å². The van der Waals surface area contributed by atoms with Crippen LogP contribution in [0.4, 0.5) is 4.79 Å². The number of nitrogens with zero attached hydrogens (tertiary/aromatic N) is 1. The van der Waals surface area contributed by atoms with Crippen LogP contribution in [0.3, 0.4) is 0 Å². The SMILES string of the molecule is COC(=O)C1CC(=O)NC(=O)N1CC(C)C=O. The minimum atomic E-state index is -0.955. The van der Waals surface area contributed by atoms with Gasteiger partial charge in [0.1, 0.15) is 12.3 Å². The Morgan fingerprint density at radius 1 is 1.65 bits per heavy atom. The summed E-state index contributed by atoms with van der Waals surface area (Å²) in [6.45, 7) is 1.69. The van der Waals surface area contributed by atoms with Gasteiger partial charge in [-0.2, -0.15) is 0 Å². The number of urea groups is 1. The summed E-state index contributed by atoms with van der Waals surface area (Å²) >= 11 is 0. The average Bonchev–Trinajstić information content (AvgIpc) is 2.30. The molecule has 94 valence electrons. The van der Waals surface area contributed by atoms with Crippen molar-refractivity contribution in [1.82, 2.24) is 10.2 Å². The number of hydrogen-bond donors (Lipinski definition) is 1. The van der Waals surface area contributed by atoms with E-state index in [1.807, 2.05) is 0 Å². The van der Waals surface area contributed by atoms with E-state index in [4.69, 9.17) is 0 Å². The number of amides is 3. The first kappa shape index (κ1) is 13.1. The van der Waals surface area contributed by atoms with Crippen molar-refractivity contribution in [3.63, 3.8) is 0 Å². The molecule has 17 heavy (non-hydrogen) atoms. The van der Waals surface area contributed by atoms with E-state index >= 15 is 0 Å². The highest BCUT2D eigenvalue weighted by atomic mass is 16.5. The number of rotatable bonds is 4. The molecule has 0 aromatic carbocycles. The molecule has 0 radical (unpaired) electrons. The maximum absolute atomic E-state index is 11.6. The van der Waals surface area contributed by atoms with Crippen LogP contribution in [0.5, 0.6) is 0 Å². The summed E-state index contributed by atoms with van der Waals surface area (Å²) in [5.74, 6) is -1.60. The molecular formula is C10H14N2O5. The summed E-state index contributed by atoms with van der Waals surface area (Å²) in [6.07, 6.45) is 0.530. The summed E-state index contributed by atoms with van der Waals surface area (Å²) in [5, 5.41) is 2.09. The Bertz CT molecular complexity index is 355. The van der Waals surface area contributed by atoms with Crippen molar-refractivity contribution >= 4 is 24.2 Å². The Morgan fingerprint density at radius 2 is 2.29 bits per heavy atom. The maximum atomic E-state index is 11.6. The normalized spacial score (nSPS) is 21.8. The van der Waals surface area contributed by atoms with Gasteiger partial charge in [0.15, 0.2) is 0 Å². The molecule has 0 spiro atoms. The summed E-state index contributed by atoms with van der Waals surface area (Å²) in [4.78, 5) is 45.9. The number of methoxy groups -OCH3 is 1. The van der Waals surface area contributed by atoms with Gasteiger partial charge in [-0.25, -0.2) is 9.59 Å². The number of nitrogens with one attached hydrogen (secondary N) is 1. The van der Waals surface area contributed by atoms with E-state index in [0.717, 1.165) is 4.90 Å². The van der Waals surface area contributed by atoms with Crippen LogP contribution in [0.1, 0.15) is 13.3 Å². The monoisotopic (exact) mass is 242 g/mol. The first-order valence-corrected chi connectivity index (χ1v) is 5.13. The minimum Gasteiger partial charge on any atom is -0.467 e. The Labute approximate surface area is 98.1 Å². The molecule has 0 aromatic rings. The number of carbonyl (C=O) groups excluding carboxylic acids is 4. The van der Waals surface area contributed by atoms with Gasteiger partial charge in [0, 0.05) is 12.5 Å². The number of ether oxygens (including phenoxy) is 1. The summed E-state index contributed by atoms with van der Waals surface area (Å²) in [5.41, 5.74) is 0. The molecule has 0 aliphatic carbocycles. The van der Waals surface area contributed by atoms with Gasteiger partial charge in [-0.1, -0.05) is 6.92 Å². The van der Waals surface area contributed by atoms with E-state index in [-0.39, 0.29) is 13.0 Å². The van der Waals surface area contributed by atoms with Gasteiger partial charge in [0.25, 0.3) is 0 Å². The van der Waals surface area contributed by atoms with Gasteiger partial charge in [-0.3, -0.25) is 10.1 Å². The topological polar surface area (TPSA) is 92.8 Å². The Balaban J connectivity index is 2.86. The lowest BCUT2D eigenvalue weighted by atomic mass is 10.1. The Kier molecular flexibility index (Phi) is 4.19. The maximum Gasteiger partial charge on any atom is 0.329 e. The van der Waals surface area contributed by atoms with E-state index in [0.29, 0.717) is 6.29 Å². The van der Waals surface area contributed by atoms with Gasteiger partial charge in [0.05, 0.1) is 13.5 Å². The van der Waals surface area contributed by atoms with Crippen molar-refractivity contribution in [2.75, 3.05) is 13.7 Å². The minimum absolute atomic E-state index is 0.0718. The Hall–Kier alpha value is -1.92. The van der Waals surface area contributed by atoms with Crippen LogP contribution in [-0.2, 0) is 19.1 Å². The van der Waals surface area contributed by atoms with E-state index < -0.39 is 29.9 Å². The number of imide groups is 1. The fraction of sp³-hybridized carbons (Fsp3) is 0.600. The van der Waals surface area contributed by atoms with Gasteiger partial charge < -0.3 is 14.4 Å². The van der Waals surface area contributed by atoms with Crippen molar-refractivity contribution < 1.29 is 23.9 Å². The molecule has 1 aliphatic rings. The molecule has 7 nitrogen and oxygen atoms in total. The van der Waals surface area contributed by atoms with Gasteiger partial charge in [-0.05, 0) is 0 Å². The highest BCUT2D eigenvalue weighted by molar-refractivity contribution is 6.01. The molecule has 1 N–H and O–H groups in total. The van der Waals surface area contributed by atoms with E-state index in [9.17, 15) is 19.2 Å². The number of esters is 1. The third kappa shape index (κ3) is 3.02. The van der Waals surface area contributed by atoms with Gasteiger partial charge in [0.2, 0.25) is 5.91 Å². The second kappa shape index (κ2) is 5.42. The molecule has 2 atom stereocenters. The number of carbonyl (C=O) groups is 4. The van der Waals surface area contributed by atoms with Crippen molar-refractivity contribution in [3.05, 3.63) is 0 Å². The molecule has 0 bridgehead atoms. The summed E-state index contributed by atoms with van der Waals surface area (Å²) in [6, 6.07) is -1.63. The molecule has 1 rings (SSSR count). The lowest BCUT2D eigenvalue weighted by molar-refractivity contribution is -0.149. The zero-order chi connectivity index (χ0) is 13.0. The fourth-order valence-electron chi connectivity index (χ4n) is 1.58. The van der Waals surface area contributed by atoms with Crippen LogP contribution in [-0.4, -0.2) is 48.8 Å². The lowest BCUT2D eigenvalue weighted by Gasteiger charge is -2.33. The highest BCUT2D eigenvalue weighted by Gasteiger charge is 2.38. The van der Waals surface area contributed by atoms with Crippen LogP contribution >= 0.6 is 0 Å². The summed E-state index contributed by atoms with van der Waals surface area (Å²) < 4.78 is 4.53. The van der Waals surface area contributed by atoms with Gasteiger partial charge >= 0.3 is 12.0 Å². The first-order chi connectivity index (χ1) is 7.99. The zero-order valence-electron chi connectivity index (χ0n) is 9.63.